The van der Waals surface area contributed by atoms with Crippen LogP contribution in [0.2, 0.25) is 0 Å². The Kier molecular flexibility index (Phi) is 4.70. The van der Waals surface area contributed by atoms with Crippen molar-refractivity contribution < 1.29 is 13.6 Å². The van der Waals surface area contributed by atoms with Crippen molar-refractivity contribution in [3.8, 4) is 6.07 Å². The van der Waals surface area contributed by atoms with Gasteiger partial charge in [-0.2, -0.15) is 5.26 Å². The van der Waals surface area contributed by atoms with Crippen LogP contribution in [-0.2, 0) is 13.6 Å². The van der Waals surface area contributed by atoms with Crippen LogP contribution in [0, 0.1) is 11.3 Å². The molecule has 0 saturated carbocycles. The fourth-order valence-electron chi connectivity index (χ4n) is 1.24. The normalized spacial score (nSPS) is 11.1. The molecule has 0 radical (unpaired) electrons. The molecule has 0 heterocycles. The molecule has 1 aromatic carbocycles. The second-order valence-corrected chi connectivity index (χ2v) is 5.02. The Balaban J connectivity index is 3.02. The maximum atomic E-state index is 12.3. The van der Waals surface area contributed by atoms with Crippen LogP contribution < -0.4 is 5.30 Å². The molecular weight excluding hydrogens is 225 g/mol. The van der Waals surface area contributed by atoms with Crippen molar-refractivity contribution in [2.75, 3.05) is 13.2 Å². The van der Waals surface area contributed by atoms with Crippen molar-refractivity contribution in [1.29, 1.82) is 5.26 Å². The molecule has 0 spiro atoms. The summed E-state index contributed by atoms with van der Waals surface area (Å²) in [7, 11) is -3.21. The summed E-state index contributed by atoms with van der Waals surface area (Å²) >= 11 is 0. The summed E-state index contributed by atoms with van der Waals surface area (Å²) in [6.07, 6.45) is 0. The molecule has 0 aliphatic heterocycles. The van der Waals surface area contributed by atoms with E-state index in [-0.39, 0.29) is 0 Å². The Morgan fingerprint density at radius 1 is 1.19 bits per heavy atom. The predicted molar refractivity (Wildman–Crippen MR) is 61.6 cm³/mol. The fourth-order valence-corrected chi connectivity index (χ4v) is 2.81. The number of nitrogens with zero attached hydrogens (tertiary/aromatic N) is 1. The van der Waals surface area contributed by atoms with Crippen molar-refractivity contribution in [1.82, 2.24) is 0 Å². The van der Waals surface area contributed by atoms with Gasteiger partial charge in [0.05, 0.1) is 30.2 Å². The first-order chi connectivity index (χ1) is 7.66. The Hall–Kier alpha value is -1.14. The molecule has 0 aromatic heterocycles. The molecule has 0 atom stereocenters. The van der Waals surface area contributed by atoms with Gasteiger partial charge in [-0.15, -0.1) is 0 Å². The summed E-state index contributed by atoms with van der Waals surface area (Å²) in [5.74, 6) is 0. The first-order valence-corrected chi connectivity index (χ1v) is 6.60. The van der Waals surface area contributed by atoms with Crippen LogP contribution in [0.15, 0.2) is 24.3 Å². The van der Waals surface area contributed by atoms with Gasteiger partial charge in [-0.25, -0.2) is 0 Å². The van der Waals surface area contributed by atoms with Gasteiger partial charge >= 0.3 is 7.60 Å². The van der Waals surface area contributed by atoms with E-state index >= 15 is 0 Å². The maximum Gasteiger partial charge on any atom is 0.361 e. The molecule has 1 aromatic rings. The number of rotatable bonds is 5. The number of benzene rings is 1. The van der Waals surface area contributed by atoms with E-state index in [2.05, 4.69) is 0 Å². The molecular formula is C11H14NO3P. The third kappa shape index (κ3) is 2.93. The lowest BCUT2D eigenvalue weighted by atomic mass is 10.2. The third-order valence-electron chi connectivity index (χ3n) is 1.91. The Morgan fingerprint density at radius 2 is 1.69 bits per heavy atom. The van der Waals surface area contributed by atoms with Crippen molar-refractivity contribution in [2.45, 2.75) is 13.8 Å². The lowest BCUT2D eigenvalue weighted by molar-refractivity contribution is 0.230. The lowest BCUT2D eigenvalue weighted by Crippen LogP contribution is -2.10. The minimum Gasteiger partial charge on any atom is -0.305 e. The fraction of sp³-hybridized carbons (Fsp3) is 0.364. The van der Waals surface area contributed by atoms with E-state index in [9.17, 15) is 4.57 Å². The van der Waals surface area contributed by atoms with Crippen molar-refractivity contribution in [3.05, 3.63) is 29.8 Å². The highest BCUT2D eigenvalue weighted by molar-refractivity contribution is 7.62. The van der Waals surface area contributed by atoms with Gasteiger partial charge < -0.3 is 9.05 Å². The van der Waals surface area contributed by atoms with Crippen LogP contribution in [-0.4, -0.2) is 13.2 Å². The van der Waals surface area contributed by atoms with Gasteiger partial charge in [0.25, 0.3) is 0 Å². The van der Waals surface area contributed by atoms with E-state index in [0.29, 0.717) is 24.1 Å². The van der Waals surface area contributed by atoms with Crippen LogP contribution >= 0.6 is 7.60 Å². The first-order valence-electron chi connectivity index (χ1n) is 5.06. The van der Waals surface area contributed by atoms with Gasteiger partial charge in [0, 0.05) is 0 Å². The van der Waals surface area contributed by atoms with E-state index in [1.807, 2.05) is 6.07 Å². The van der Waals surface area contributed by atoms with Gasteiger partial charge in [-0.05, 0) is 38.1 Å². The Labute approximate surface area is 95.3 Å². The number of hydrogen-bond acceptors (Lipinski definition) is 4. The molecule has 1 rings (SSSR count). The molecule has 0 N–H and O–H groups in total. The number of hydrogen-bond donors (Lipinski definition) is 0. The van der Waals surface area contributed by atoms with E-state index in [0.717, 1.165) is 0 Å². The molecule has 0 bridgehead atoms. The maximum absolute atomic E-state index is 12.3. The predicted octanol–water partition coefficient (Wildman–Crippen LogP) is 2.45. The van der Waals surface area contributed by atoms with E-state index in [1.165, 1.54) is 0 Å². The van der Waals surface area contributed by atoms with Crippen molar-refractivity contribution in [2.24, 2.45) is 0 Å². The topological polar surface area (TPSA) is 59.3 Å². The molecule has 16 heavy (non-hydrogen) atoms. The highest BCUT2D eigenvalue weighted by Gasteiger charge is 2.26. The molecule has 0 unspecified atom stereocenters. The average molecular weight is 239 g/mol. The van der Waals surface area contributed by atoms with Crippen LogP contribution in [0.25, 0.3) is 0 Å². The highest BCUT2D eigenvalue weighted by Crippen LogP contribution is 2.46. The van der Waals surface area contributed by atoms with Crippen molar-refractivity contribution >= 4 is 12.9 Å². The highest BCUT2D eigenvalue weighted by atomic mass is 31.2. The van der Waals surface area contributed by atoms with Crippen LogP contribution in [0.4, 0.5) is 0 Å². The largest absolute Gasteiger partial charge is 0.361 e. The summed E-state index contributed by atoms with van der Waals surface area (Å²) in [5.41, 5.74) is 0.517. The zero-order valence-corrected chi connectivity index (χ0v) is 10.2. The summed E-state index contributed by atoms with van der Waals surface area (Å²) in [6, 6.07) is 8.40. The zero-order chi connectivity index (χ0) is 12.0. The molecule has 4 nitrogen and oxygen atoms in total. The van der Waals surface area contributed by atoms with Gasteiger partial charge in [0.15, 0.2) is 0 Å². The monoisotopic (exact) mass is 239 g/mol. The molecule has 0 saturated heterocycles. The lowest BCUT2D eigenvalue weighted by Gasteiger charge is -2.16. The first kappa shape index (κ1) is 12.9. The molecule has 0 aliphatic carbocycles. The van der Waals surface area contributed by atoms with Gasteiger partial charge in [0.1, 0.15) is 0 Å². The minimum atomic E-state index is -3.21. The second kappa shape index (κ2) is 5.81. The third-order valence-corrected chi connectivity index (χ3v) is 4.04. The minimum absolute atomic E-state index is 0.317. The van der Waals surface area contributed by atoms with Gasteiger partial charge in [-0.3, -0.25) is 4.57 Å². The summed E-state index contributed by atoms with van der Waals surface area (Å²) in [6.45, 7) is 4.15. The summed E-state index contributed by atoms with van der Waals surface area (Å²) in [4.78, 5) is 0. The molecule has 0 aliphatic rings. The summed E-state index contributed by atoms with van der Waals surface area (Å²) in [5, 5.41) is 9.14. The zero-order valence-electron chi connectivity index (χ0n) is 9.34. The van der Waals surface area contributed by atoms with Crippen LogP contribution in [0.1, 0.15) is 19.4 Å². The molecule has 86 valence electrons. The molecule has 0 fully saturated rings. The Morgan fingerprint density at radius 3 is 2.06 bits per heavy atom. The van der Waals surface area contributed by atoms with Crippen molar-refractivity contribution in [3.63, 3.8) is 0 Å². The summed E-state index contributed by atoms with van der Waals surface area (Å²) < 4.78 is 22.6. The van der Waals surface area contributed by atoms with Gasteiger partial charge in [-0.1, -0.05) is 0 Å². The second-order valence-electron chi connectivity index (χ2n) is 2.99. The molecule has 0 amide bonds. The quantitative estimate of drug-likeness (QED) is 0.740. The average Bonchev–Trinajstić information content (AvgIpc) is 2.30. The van der Waals surface area contributed by atoms with E-state index < -0.39 is 7.60 Å². The number of nitriles is 1. The van der Waals surface area contributed by atoms with Crippen LogP contribution in [0.3, 0.4) is 0 Å². The SMILES string of the molecule is CCOP(=O)(OCC)c1ccc(C#N)cc1. The standard InChI is InChI=1S/C11H14NO3P/c1-3-14-16(13,15-4-2)11-7-5-10(9-12)6-8-11/h5-8H,3-4H2,1-2H3. The van der Waals surface area contributed by atoms with Crippen LogP contribution in [0.5, 0.6) is 0 Å². The van der Waals surface area contributed by atoms with E-state index in [4.69, 9.17) is 14.3 Å². The Bertz CT molecular complexity index is 412. The van der Waals surface area contributed by atoms with Gasteiger partial charge in [0.2, 0.25) is 0 Å². The molecule has 5 heteroatoms. The smallest absolute Gasteiger partial charge is 0.305 e. The van der Waals surface area contributed by atoms with E-state index in [1.54, 1.807) is 38.1 Å².